The van der Waals surface area contributed by atoms with E-state index in [1.807, 2.05) is 12.1 Å². The highest BCUT2D eigenvalue weighted by molar-refractivity contribution is 7.80. The standard InChI is InChI=1S/C13H20N2OS/c1-4-15(7-8-16-3)12-6-5-11(13(14)17)9-10(12)2/h5-6,9H,4,7-8H2,1-3H3,(H2,14,17). The summed E-state index contributed by atoms with van der Waals surface area (Å²) >= 11 is 4.97. The van der Waals surface area contributed by atoms with Crippen LogP contribution in [0.5, 0.6) is 0 Å². The molecular formula is C13H20N2OS. The van der Waals surface area contributed by atoms with Crippen molar-refractivity contribution in [2.24, 2.45) is 5.73 Å². The van der Waals surface area contributed by atoms with E-state index in [9.17, 15) is 0 Å². The van der Waals surface area contributed by atoms with Gasteiger partial charge in [0.2, 0.25) is 0 Å². The van der Waals surface area contributed by atoms with Gasteiger partial charge in [0.05, 0.1) is 6.61 Å². The molecule has 1 aromatic carbocycles. The Bertz CT molecular complexity index is 393. The van der Waals surface area contributed by atoms with E-state index in [1.165, 1.54) is 11.3 Å². The third-order valence-corrected chi connectivity index (χ3v) is 3.00. The first-order chi connectivity index (χ1) is 8.10. The highest BCUT2D eigenvalue weighted by Gasteiger charge is 2.08. The Kier molecular flexibility index (Phi) is 5.38. The Morgan fingerprint density at radius 3 is 2.65 bits per heavy atom. The van der Waals surface area contributed by atoms with E-state index in [1.54, 1.807) is 7.11 Å². The smallest absolute Gasteiger partial charge is 0.103 e. The number of hydrogen-bond acceptors (Lipinski definition) is 3. The van der Waals surface area contributed by atoms with E-state index in [0.717, 1.165) is 25.3 Å². The molecule has 0 radical (unpaired) electrons. The van der Waals surface area contributed by atoms with E-state index in [4.69, 9.17) is 22.7 Å². The Balaban J connectivity index is 2.92. The van der Waals surface area contributed by atoms with Gasteiger partial charge in [0.15, 0.2) is 0 Å². The summed E-state index contributed by atoms with van der Waals surface area (Å²) < 4.78 is 5.12. The Hall–Kier alpha value is -1.13. The van der Waals surface area contributed by atoms with Crippen molar-refractivity contribution < 1.29 is 4.74 Å². The molecule has 4 heteroatoms. The van der Waals surface area contributed by atoms with Crippen LogP contribution in [0.3, 0.4) is 0 Å². The van der Waals surface area contributed by atoms with Crippen molar-refractivity contribution in [3.05, 3.63) is 29.3 Å². The molecule has 0 unspecified atom stereocenters. The van der Waals surface area contributed by atoms with Gasteiger partial charge in [0.1, 0.15) is 4.99 Å². The summed E-state index contributed by atoms with van der Waals surface area (Å²) in [6.07, 6.45) is 0. The first-order valence-corrected chi connectivity index (χ1v) is 6.15. The number of methoxy groups -OCH3 is 1. The van der Waals surface area contributed by atoms with Crippen LogP contribution in [0.1, 0.15) is 18.1 Å². The van der Waals surface area contributed by atoms with Gasteiger partial charge in [0.25, 0.3) is 0 Å². The Morgan fingerprint density at radius 2 is 2.18 bits per heavy atom. The van der Waals surface area contributed by atoms with Crippen LogP contribution in [0.25, 0.3) is 0 Å². The van der Waals surface area contributed by atoms with Crippen molar-refractivity contribution in [1.82, 2.24) is 0 Å². The number of ether oxygens (including phenoxy) is 1. The maximum atomic E-state index is 5.62. The van der Waals surface area contributed by atoms with Gasteiger partial charge >= 0.3 is 0 Å². The third kappa shape index (κ3) is 3.68. The van der Waals surface area contributed by atoms with Gasteiger partial charge in [-0.25, -0.2) is 0 Å². The summed E-state index contributed by atoms with van der Waals surface area (Å²) in [6, 6.07) is 6.08. The minimum atomic E-state index is 0.444. The van der Waals surface area contributed by atoms with E-state index in [0.29, 0.717) is 4.99 Å². The number of thiocarbonyl (C=S) groups is 1. The predicted molar refractivity (Wildman–Crippen MR) is 76.8 cm³/mol. The summed E-state index contributed by atoms with van der Waals surface area (Å²) in [7, 11) is 1.72. The van der Waals surface area contributed by atoms with E-state index in [-0.39, 0.29) is 0 Å². The van der Waals surface area contributed by atoms with Crippen molar-refractivity contribution in [3.63, 3.8) is 0 Å². The van der Waals surface area contributed by atoms with Gasteiger partial charge in [-0.05, 0) is 37.6 Å². The molecule has 0 aliphatic heterocycles. The second kappa shape index (κ2) is 6.57. The van der Waals surface area contributed by atoms with Crippen LogP contribution in [0.15, 0.2) is 18.2 Å². The number of hydrogen-bond donors (Lipinski definition) is 1. The number of benzene rings is 1. The van der Waals surface area contributed by atoms with Gasteiger partial charge in [-0.2, -0.15) is 0 Å². The van der Waals surface area contributed by atoms with Gasteiger partial charge in [-0.3, -0.25) is 0 Å². The summed E-state index contributed by atoms with van der Waals surface area (Å²) in [5.41, 5.74) is 8.94. The first-order valence-electron chi connectivity index (χ1n) is 5.74. The summed E-state index contributed by atoms with van der Waals surface area (Å²) in [5, 5.41) is 0. The van der Waals surface area contributed by atoms with Crippen molar-refractivity contribution >= 4 is 22.9 Å². The lowest BCUT2D eigenvalue weighted by molar-refractivity contribution is 0.205. The second-order valence-electron chi connectivity index (χ2n) is 3.94. The number of aryl methyl sites for hydroxylation is 1. The zero-order chi connectivity index (χ0) is 12.8. The topological polar surface area (TPSA) is 38.5 Å². The van der Waals surface area contributed by atoms with Crippen LogP contribution in [0.4, 0.5) is 5.69 Å². The monoisotopic (exact) mass is 252 g/mol. The molecule has 0 bridgehead atoms. The molecule has 0 amide bonds. The lowest BCUT2D eigenvalue weighted by Gasteiger charge is -2.25. The minimum Gasteiger partial charge on any atom is -0.389 e. The largest absolute Gasteiger partial charge is 0.389 e. The Labute approximate surface area is 109 Å². The maximum Gasteiger partial charge on any atom is 0.103 e. The maximum absolute atomic E-state index is 5.62. The lowest BCUT2D eigenvalue weighted by atomic mass is 10.1. The van der Waals surface area contributed by atoms with Crippen LogP contribution in [-0.2, 0) is 4.74 Å². The zero-order valence-corrected chi connectivity index (χ0v) is 11.5. The molecule has 0 saturated carbocycles. The molecule has 0 aliphatic carbocycles. The average molecular weight is 252 g/mol. The van der Waals surface area contributed by atoms with Crippen LogP contribution in [-0.4, -0.2) is 31.8 Å². The quantitative estimate of drug-likeness (QED) is 0.787. The third-order valence-electron chi connectivity index (χ3n) is 2.77. The van der Waals surface area contributed by atoms with E-state index >= 15 is 0 Å². The number of likely N-dealkylation sites (N-methyl/N-ethyl adjacent to an activating group) is 1. The molecule has 1 rings (SSSR count). The highest BCUT2D eigenvalue weighted by Crippen LogP contribution is 2.21. The highest BCUT2D eigenvalue weighted by atomic mass is 32.1. The molecule has 94 valence electrons. The van der Waals surface area contributed by atoms with Gasteiger partial charge in [-0.15, -0.1) is 0 Å². The van der Waals surface area contributed by atoms with Crippen LogP contribution in [0, 0.1) is 6.92 Å². The van der Waals surface area contributed by atoms with Crippen LogP contribution >= 0.6 is 12.2 Å². The number of anilines is 1. The lowest BCUT2D eigenvalue weighted by Crippen LogP contribution is -2.27. The minimum absolute atomic E-state index is 0.444. The summed E-state index contributed by atoms with van der Waals surface area (Å²) in [4.78, 5) is 2.72. The SMILES string of the molecule is CCN(CCOC)c1ccc(C(N)=S)cc1C. The van der Waals surface area contributed by atoms with Gasteiger partial charge in [0, 0.05) is 31.5 Å². The molecule has 0 aromatic heterocycles. The molecule has 0 spiro atoms. The molecule has 17 heavy (non-hydrogen) atoms. The normalized spacial score (nSPS) is 10.3. The number of rotatable bonds is 6. The van der Waals surface area contributed by atoms with E-state index in [2.05, 4.69) is 24.8 Å². The Morgan fingerprint density at radius 1 is 1.47 bits per heavy atom. The molecule has 0 fully saturated rings. The fourth-order valence-electron chi connectivity index (χ4n) is 1.81. The molecule has 0 atom stereocenters. The van der Waals surface area contributed by atoms with Gasteiger partial charge < -0.3 is 15.4 Å². The molecule has 2 N–H and O–H groups in total. The van der Waals surface area contributed by atoms with Crippen LogP contribution in [0.2, 0.25) is 0 Å². The van der Waals surface area contributed by atoms with Crippen molar-refractivity contribution in [1.29, 1.82) is 0 Å². The molecule has 0 saturated heterocycles. The summed E-state index contributed by atoms with van der Waals surface area (Å²) in [6.45, 7) is 6.78. The summed E-state index contributed by atoms with van der Waals surface area (Å²) in [5.74, 6) is 0. The van der Waals surface area contributed by atoms with E-state index < -0.39 is 0 Å². The van der Waals surface area contributed by atoms with Crippen LogP contribution < -0.4 is 10.6 Å². The molecule has 3 nitrogen and oxygen atoms in total. The first kappa shape index (κ1) is 13.9. The van der Waals surface area contributed by atoms with Crippen molar-refractivity contribution in [3.8, 4) is 0 Å². The number of nitrogens with two attached hydrogens (primary N) is 1. The fraction of sp³-hybridized carbons (Fsp3) is 0.462. The fourth-order valence-corrected chi connectivity index (χ4v) is 1.94. The van der Waals surface area contributed by atoms with Gasteiger partial charge in [-0.1, -0.05) is 12.2 Å². The number of nitrogens with zero attached hydrogens (tertiary/aromatic N) is 1. The molecule has 1 aromatic rings. The molecule has 0 aliphatic rings. The zero-order valence-electron chi connectivity index (χ0n) is 10.7. The van der Waals surface area contributed by atoms with Crippen molar-refractivity contribution in [2.45, 2.75) is 13.8 Å². The predicted octanol–water partition coefficient (Wildman–Crippen LogP) is 2.10. The second-order valence-corrected chi connectivity index (χ2v) is 4.38. The molecule has 0 heterocycles. The van der Waals surface area contributed by atoms with Crippen molar-refractivity contribution in [2.75, 3.05) is 31.7 Å². The molecular weight excluding hydrogens is 232 g/mol. The average Bonchev–Trinajstić information content (AvgIpc) is 2.31.